The summed E-state index contributed by atoms with van der Waals surface area (Å²) in [5.74, 6) is 1.38. The number of hydrogen-bond donors (Lipinski definition) is 1. The second-order valence-corrected chi connectivity index (χ2v) is 5.87. The monoisotopic (exact) mass is 275 g/mol. The maximum atomic E-state index is 9.31. The van der Waals surface area contributed by atoms with Gasteiger partial charge in [-0.3, -0.25) is 0 Å². The molecule has 2 aromatic rings. The summed E-state index contributed by atoms with van der Waals surface area (Å²) in [6, 6.07) is 10.0. The van der Waals surface area contributed by atoms with Crippen LogP contribution in [0.1, 0.15) is 12.8 Å². The number of nitrogens with zero attached hydrogens (tertiary/aromatic N) is 3. The third-order valence-corrected chi connectivity index (χ3v) is 4.35. The zero-order valence-corrected chi connectivity index (χ0v) is 11.7. The molecule has 3 rings (SSSR count). The molecular formula is C14H17N3OS. The van der Waals surface area contributed by atoms with Crippen LogP contribution in [0.2, 0.25) is 0 Å². The summed E-state index contributed by atoms with van der Waals surface area (Å²) in [5, 5.41) is 10.3. The highest BCUT2D eigenvalue weighted by molar-refractivity contribution is 7.09. The summed E-state index contributed by atoms with van der Waals surface area (Å²) >= 11 is 1.43. The molecule has 0 bridgehead atoms. The first-order valence-corrected chi connectivity index (χ1v) is 7.28. The Morgan fingerprint density at radius 3 is 2.74 bits per heavy atom. The van der Waals surface area contributed by atoms with Gasteiger partial charge in [0.25, 0.3) is 0 Å². The van der Waals surface area contributed by atoms with Gasteiger partial charge in [0.2, 0.25) is 5.13 Å². The van der Waals surface area contributed by atoms with Crippen molar-refractivity contribution >= 4 is 16.7 Å². The van der Waals surface area contributed by atoms with E-state index in [-0.39, 0.29) is 6.10 Å². The van der Waals surface area contributed by atoms with E-state index in [0.29, 0.717) is 5.92 Å². The highest BCUT2D eigenvalue weighted by atomic mass is 32.1. The zero-order chi connectivity index (χ0) is 13.2. The SMILES string of the molecule is CN(CC1CC(O)C1)c1nc(-c2ccccc2)ns1. The van der Waals surface area contributed by atoms with E-state index in [2.05, 4.69) is 14.3 Å². The number of aliphatic hydroxyl groups excluding tert-OH is 1. The largest absolute Gasteiger partial charge is 0.393 e. The molecule has 0 aliphatic heterocycles. The van der Waals surface area contributed by atoms with Crippen LogP contribution in [0.15, 0.2) is 30.3 Å². The molecule has 19 heavy (non-hydrogen) atoms. The number of aromatic nitrogens is 2. The lowest BCUT2D eigenvalue weighted by atomic mass is 9.82. The smallest absolute Gasteiger partial charge is 0.205 e. The van der Waals surface area contributed by atoms with Crippen LogP contribution >= 0.6 is 11.5 Å². The average molecular weight is 275 g/mol. The molecule has 4 nitrogen and oxygen atoms in total. The lowest BCUT2D eigenvalue weighted by Gasteiger charge is -2.34. The molecule has 100 valence electrons. The van der Waals surface area contributed by atoms with E-state index in [1.165, 1.54) is 11.5 Å². The van der Waals surface area contributed by atoms with Crippen LogP contribution in [0.3, 0.4) is 0 Å². The molecule has 1 aromatic carbocycles. The van der Waals surface area contributed by atoms with Crippen molar-refractivity contribution in [1.82, 2.24) is 9.36 Å². The number of anilines is 1. The Morgan fingerprint density at radius 1 is 1.32 bits per heavy atom. The van der Waals surface area contributed by atoms with Crippen molar-refractivity contribution in [1.29, 1.82) is 0 Å². The molecule has 1 aromatic heterocycles. The first-order valence-electron chi connectivity index (χ1n) is 6.50. The lowest BCUT2D eigenvalue weighted by molar-refractivity contribution is 0.0465. The average Bonchev–Trinajstić information content (AvgIpc) is 2.87. The van der Waals surface area contributed by atoms with Crippen LogP contribution in [0.5, 0.6) is 0 Å². The molecule has 5 heteroatoms. The Labute approximate surface area is 116 Å². The van der Waals surface area contributed by atoms with Gasteiger partial charge < -0.3 is 10.0 Å². The predicted molar refractivity (Wildman–Crippen MR) is 77.3 cm³/mol. The topological polar surface area (TPSA) is 49.2 Å². The van der Waals surface area contributed by atoms with E-state index < -0.39 is 0 Å². The first-order chi connectivity index (χ1) is 9.22. The summed E-state index contributed by atoms with van der Waals surface area (Å²) in [7, 11) is 2.04. The Bertz CT molecular complexity index is 537. The van der Waals surface area contributed by atoms with E-state index in [1.54, 1.807) is 0 Å². The van der Waals surface area contributed by atoms with E-state index in [1.807, 2.05) is 37.4 Å². The van der Waals surface area contributed by atoms with Crippen LogP contribution in [0.4, 0.5) is 5.13 Å². The van der Waals surface area contributed by atoms with E-state index in [9.17, 15) is 5.11 Å². The van der Waals surface area contributed by atoms with Gasteiger partial charge in [0.1, 0.15) is 0 Å². The maximum Gasteiger partial charge on any atom is 0.205 e. The fourth-order valence-corrected chi connectivity index (χ4v) is 3.05. The van der Waals surface area contributed by atoms with E-state index >= 15 is 0 Å². The molecular weight excluding hydrogens is 258 g/mol. The number of rotatable bonds is 4. The van der Waals surface area contributed by atoms with Crippen molar-refractivity contribution < 1.29 is 5.11 Å². The molecule has 0 radical (unpaired) electrons. The second-order valence-electron chi connectivity index (χ2n) is 5.14. The third kappa shape index (κ3) is 2.77. The van der Waals surface area contributed by atoms with Crippen LogP contribution in [0.25, 0.3) is 11.4 Å². The van der Waals surface area contributed by atoms with Crippen molar-refractivity contribution in [3.8, 4) is 11.4 Å². The van der Waals surface area contributed by atoms with Crippen molar-refractivity contribution in [2.24, 2.45) is 5.92 Å². The Morgan fingerprint density at radius 2 is 2.05 bits per heavy atom. The van der Waals surface area contributed by atoms with Gasteiger partial charge in [-0.05, 0) is 18.8 Å². The quantitative estimate of drug-likeness (QED) is 0.931. The molecule has 0 amide bonds. The Hall–Kier alpha value is -1.46. The molecule has 1 heterocycles. The van der Waals surface area contributed by atoms with Crippen molar-refractivity contribution in [2.45, 2.75) is 18.9 Å². The highest BCUT2D eigenvalue weighted by Crippen LogP contribution is 2.30. The van der Waals surface area contributed by atoms with Crippen LogP contribution in [0, 0.1) is 5.92 Å². The van der Waals surface area contributed by atoms with Crippen molar-refractivity contribution in [3.63, 3.8) is 0 Å². The maximum absolute atomic E-state index is 9.31. The van der Waals surface area contributed by atoms with Crippen LogP contribution in [-0.4, -0.2) is 34.2 Å². The fraction of sp³-hybridized carbons (Fsp3) is 0.429. The molecule has 0 spiro atoms. The van der Waals surface area contributed by atoms with Gasteiger partial charge in [0.15, 0.2) is 5.82 Å². The van der Waals surface area contributed by atoms with Gasteiger partial charge >= 0.3 is 0 Å². The Kier molecular flexibility index (Phi) is 3.48. The minimum absolute atomic E-state index is 0.0901. The van der Waals surface area contributed by atoms with Gasteiger partial charge in [-0.15, -0.1) is 0 Å². The standard InChI is InChI=1S/C14H17N3OS/c1-17(9-10-7-12(18)8-10)14-15-13(16-19-14)11-5-3-2-4-6-11/h2-6,10,12,18H,7-9H2,1H3. The summed E-state index contributed by atoms with van der Waals surface area (Å²) in [6.45, 7) is 0.945. The summed E-state index contributed by atoms with van der Waals surface area (Å²) in [4.78, 5) is 6.72. The molecule has 0 atom stereocenters. The van der Waals surface area contributed by atoms with Crippen LogP contribution < -0.4 is 4.90 Å². The number of benzene rings is 1. The van der Waals surface area contributed by atoms with Gasteiger partial charge in [0, 0.05) is 30.7 Å². The summed E-state index contributed by atoms with van der Waals surface area (Å²) in [6.07, 6.45) is 1.73. The van der Waals surface area contributed by atoms with Gasteiger partial charge in [-0.25, -0.2) is 0 Å². The van der Waals surface area contributed by atoms with Crippen molar-refractivity contribution in [3.05, 3.63) is 30.3 Å². The normalized spacial score (nSPS) is 22.0. The predicted octanol–water partition coefficient (Wildman–Crippen LogP) is 2.41. The summed E-state index contributed by atoms with van der Waals surface area (Å²) in [5.41, 5.74) is 1.05. The fourth-order valence-electron chi connectivity index (χ4n) is 2.39. The van der Waals surface area contributed by atoms with Gasteiger partial charge in [-0.1, -0.05) is 30.3 Å². The van der Waals surface area contributed by atoms with Crippen molar-refractivity contribution in [2.75, 3.05) is 18.5 Å². The molecule has 1 aliphatic rings. The number of hydrogen-bond acceptors (Lipinski definition) is 5. The molecule has 1 fully saturated rings. The van der Waals surface area contributed by atoms with Gasteiger partial charge in [-0.2, -0.15) is 9.36 Å². The molecule has 0 unspecified atom stereocenters. The Balaban J connectivity index is 1.67. The molecule has 1 aliphatic carbocycles. The highest BCUT2D eigenvalue weighted by Gasteiger charge is 2.28. The second kappa shape index (κ2) is 5.27. The van der Waals surface area contributed by atoms with E-state index in [4.69, 9.17) is 0 Å². The minimum atomic E-state index is -0.0901. The zero-order valence-electron chi connectivity index (χ0n) is 10.9. The van der Waals surface area contributed by atoms with E-state index in [0.717, 1.165) is 35.9 Å². The third-order valence-electron chi connectivity index (χ3n) is 3.52. The van der Waals surface area contributed by atoms with Gasteiger partial charge in [0.05, 0.1) is 6.10 Å². The number of aliphatic hydroxyl groups is 1. The molecule has 0 saturated heterocycles. The molecule has 1 N–H and O–H groups in total. The molecule has 1 saturated carbocycles. The lowest BCUT2D eigenvalue weighted by Crippen LogP contribution is -2.37. The van der Waals surface area contributed by atoms with Crippen LogP contribution in [-0.2, 0) is 0 Å². The minimum Gasteiger partial charge on any atom is -0.393 e. The first kappa shape index (κ1) is 12.6. The summed E-state index contributed by atoms with van der Waals surface area (Å²) < 4.78 is 4.41.